The Hall–Kier alpha value is -0.0800. The van der Waals surface area contributed by atoms with Gasteiger partial charge in [0.15, 0.2) is 0 Å². The van der Waals surface area contributed by atoms with E-state index in [1.165, 1.54) is 38.9 Å². The van der Waals surface area contributed by atoms with E-state index in [0.717, 1.165) is 6.54 Å². The van der Waals surface area contributed by atoms with Crippen molar-refractivity contribution in [2.24, 2.45) is 11.7 Å². The molecule has 0 radical (unpaired) electrons. The van der Waals surface area contributed by atoms with E-state index in [2.05, 4.69) is 11.8 Å². The van der Waals surface area contributed by atoms with Gasteiger partial charge in [0, 0.05) is 6.54 Å². The number of nitrogens with zero attached hydrogens (tertiary/aromatic N) is 1. The Balaban J connectivity index is 2.13. The van der Waals surface area contributed by atoms with Gasteiger partial charge in [0.05, 0.1) is 0 Å². The molecule has 0 aromatic rings. The first-order valence-corrected chi connectivity index (χ1v) is 4.75. The Bertz CT molecular complexity index is 97.7. The minimum atomic E-state index is 0.674. The molecular weight excluding hydrogens is 136 g/mol. The SMILES string of the molecule is CC(CN)CN1CCCCC1. The van der Waals surface area contributed by atoms with Crippen molar-refractivity contribution < 1.29 is 0 Å². The van der Waals surface area contributed by atoms with Crippen molar-refractivity contribution in [3.05, 3.63) is 0 Å². The van der Waals surface area contributed by atoms with Crippen molar-refractivity contribution in [1.29, 1.82) is 0 Å². The highest BCUT2D eigenvalue weighted by Gasteiger charge is 2.11. The van der Waals surface area contributed by atoms with Gasteiger partial charge in [-0.3, -0.25) is 0 Å². The van der Waals surface area contributed by atoms with Gasteiger partial charge in [-0.2, -0.15) is 0 Å². The standard InChI is InChI=1S/C9H20N2/c1-9(7-10)8-11-5-3-2-4-6-11/h9H,2-8,10H2,1H3. The van der Waals surface area contributed by atoms with Crippen LogP contribution in [0.2, 0.25) is 0 Å². The van der Waals surface area contributed by atoms with E-state index in [9.17, 15) is 0 Å². The zero-order chi connectivity index (χ0) is 8.10. The topological polar surface area (TPSA) is 29.3 Å². The zero-order valence-electron chi connectivity index (χ0n) is 7.55. The molecule has 2 N–H and O–H groups in total. The van der Waals surface area contributed by atoms with E-state index in [0.29, 0.717) is 5.92 Å². The quantitative estimate of drug-likeness (QED) is 0.662. The van der Waals surface area contributed by atoms with Gasteiger partial charge in [0.2, 0.25) is 0 Å². The van der Waals surface area contributed by atoms with E-state index >= 15 is 0 Å². The molecule has 1 rings (SSSR count). The van der Waals surface area contributed by atoms with Gasteiger partial charge in [-0.1, -0.05) is 13.3 Å². The van der Waals surface area contributed by atoms with Crippen LogP contribution in [0.3, 0.4) is 0 Å². The van der Waals surface area contributed by atoms with Gasteiger partial charge >= 0.3 is 0 Å². The van der Waals surface area contributed by atoms with Crippen molar-refractivity contribution in [1.82, 2.24) is 4.90 Å². The van der Waals surface area contributed by atoms with E-state index in [1.54, 1.807) is 0 Å². The maximum absolute atomic E-state index is 5.56. The zero-order valence-corrected chi connectivity index (χ0v) is 7.55. The van der Waals surface area contributed by atoms with E-state index in [1.807, 2.05) is 0 Å². The first-order valence-electron chi connectivity index (χ1n) is 4.75. The van der Waals surface area contributed by atoms with Crippen LogP contribution < -0.4 is 5.73 Å². The minimum absolute atomic E-state index is 0.674. The molecular formula is C9H20N2. The van der Waals surface area contributed by atoms with Crippen LogP contribution in [-0.4, -0.2) is 31.1 Å². The van der Waals surface area contributed by atoms with Crippen molar-refractivity contribution in [2.45, 2.75) is 26.2 Å². The van der Waals surface area contributed by atoms with Crippen molar-refractivity contribution in [2.75, 3.05) is 26.2 Å². The molecule has 2 heteroatoms. The van der Waals surface area contributed by atoms with Gasteiger partial charge < -0.3 is 10.6 Å². The summed E-state index contributed by atoms with van der Waals surface area (Å²) in [5.41, 5.74) is 5.56. The van der Waals surface area contributed by atoms with Crippen LogP contribution in [0.1, 0.15) is 26.2 Å². The summed E-state index contributed by atoms with van der Waals surface area (Å²) in [6.45, 7) is 6.86. The van der Waals surface area contributed by atoms with Gasteiger partial charge in [0.25, 0.3) is 0 Å². The fourth-order valence-corrected chi connectivity index (χ4v) is 1.66. The second-order valence-electron chi connectivity index (χ2n) is 3.70. The molecule has 0 amide bonds. The average molecular weight is 156 g/mol. The number of piperidine rings is 1. The highest BCUT2D eigenvalue weighted by molar-refractivity contribution is 4.67. The molecule has 1 aliphatic rings. The fourth-order valence-electron chi connectivity index (χ4n) is 1.66. The summed E-state index contributed by atoms with van der Waals surface area (Å²) in [7, 11) is 0. The van der Waals surface area contributed by atoms with Crippen LogP contribution in [-0.2, 0) is 0 Å². The van der Waals surface area contributed by atoms with Crippen molar-refractivity contribution in [3.63, 3.8) is 0 Å². The molecule has 1 unspecified atom stereocenters. The molecule has 2 nitrogen and oxygen atoms in total. The van der Waals surface area contributed by atoms with E-state index < -0.39 is 0 Å². The Morgan fingerprint density at radius 3 is 2.45 bits per heavy atom. The van der Waals surface area contributed by atoms with Crippen LogP contribution >= 0.6 is 0 Å². The lowest BCUT2D eigenvalue weighted by Crippen LogP contribution is -2.35. The predicted molar refractivity (Wildman–Crippen MR) is 48.5 cm³/mol. The van der Waals surface area contributed by atoms with Crippen LogP contribution in [0.15, 0.2) is 0 Å². The molecule has 1 aliphatic heterocycles. The summed E-state index contributed by atoms with van der Waals surface area (Å²) in [6.07, 6.45) is 4.20. The molecule has 0 aliphatic carbocycles. The van der Waals surface area contributed by atoms with E-state index in [4.69, 9.17) is 5.73 Å². The Kier molecular flexibility index (Phi) is 3.87. The van der Waals surface area contributed by atoms with E-state index in [-0.39, 0.29) is 0 Å². The summed E-state index contributed by atoms with van der Waals surface area (Å²) < 4.78 is 0. The maximum Gasteiger partial charge on any atom is 0.00191 e. The maximum atomic E-state index is 5.56. The molecule has 11 heavy (non-hydrogen) atoms. The third kappa shape index (κ3) is 3.21. The van der Waals surface area contributed by atoms with Gasteiger partial charge in [0.1, 0.15) is 0 Å². The lowest BCUT2D eigenvalue weighted by atomic mass is 10.1. The Morgan fingerprint density at radius 1 is 1.27 bits per heavy atom. The summed E-state index contributed by atoms with van der Waals surface area (Å²) in [5, 5.41) is 0. The fraction of sp³-hybridized carbons (Fsp3) is 1.00. The number of hydrogen-bond donors (Lipinski definition) is 1. The third-order valence-corrected chi connectivity index (χ3v) is 2.42. The minimum Gasteiger partial charge on any atom is -0.330 e. The lowest BCUT2D eigenvalue weighted by Gasteiger charge is -2.28. The van der Waals surface area contributed by atoms with Gasteiger partial charge in [-0.05, 0) is 38.4 Å². The molecule has 0 spiro atoms. The molecule has 1 heterocycles. The molecule has 0 bridgehead atoms. The molecule has 66 valence electrons. The second-order valence-corrected chi connectivity index (χ2v) is 3.70. The summed E-state index contributed by atoms with van der Waals surface area (Å²) >= 11 is 0. The molecule has 1 saturated heterocycles. The van der Waals surface area contributed by atoms with Gasteiger partial charge in [-0.25, -0.2) is 0 Å². The number of hydrogen-bond acceptors (Lipinski definition) is 2. The van der Waals surface area contributed by atoms with Crippen LogP contribution in [0.4, 0.5) is 0 Å². The summed E-state index contributed by atoms with van der Waals surface area (Å²) in [5.74, 6) is 0.674. The summed E-state index contributed by atoms with van der Waals surface area (Å²) in [6, 6.07) is 0. The highest BCUT2D eigenvalue weighted by Crippen LogP contribution is 2.09. The second kappa shape index (κ2) is 4.73. The van der Waals surface area contributed by atoms with Crippen molar-refractivity contribution in [3.8, 4) is 0 Å². The normalized spacial score (nSPS) is 23.5. The Labute approximate surface area is 69.8 Å². The lowest BCUT2D eigenvalue weighted by molar-refractivity contribution is 0.203. The smallest absolute Gasteiger partial charge is 0.00191 e. The molecule has 0 aromatic carbocycles. The monoisotopic (exact) mass is 156 g/mol. The predicted octanol–water partition coefficient (Wildman–Crippen LogP) is 1.07. The molecule has 0 aromatic heterocycles. The first-order chi connectivity index (χ1) is 5.33. The third-order valence-electron chi connectivity index (χ3n) is 2.42. The molecule has 1 fully saturated rings. The Morgan fingerprint density at radius 2 is 1.91 bits per heavy atom. The van der Waals surface area contributed by atoms with Crippen LogP contribution in [0, 0.1) is 5.92 Å². The van der Waals surface area contributed by atoms with Crippen molar-refractivity contribution >= 4 is 0 Å². The number of likely N-dealkylation sites (tertiary alicyclic amines) is 1. The first kappa shape index (κ1) is 9.01. The highest BCUT2D eigenvalue weighted by atomic mass is 15.1. The van der Waals surface area contributed by atoms with Crippen LogP contribution in [0.25, 0.3) is 0 Å². The van der Waals surface area contributed by atoms with Gasteiger partial charge in [-0.15, -0.1) is 0 Å². The molecule has 1 atom stereocenters. The molecule has 0 saturated carbocycles. The summed E-state index contributed by atoms with van der Waals surface area (Å²) in [4.78, 5) is 2.54. The van der Waals surface area contributed by atoms with Crippen LogP contribution in [0.5, 0.6) is 0 Å². The number of nitrogens with two attached hydrogens (primary N) is 1. The number of rotatable bonds is 3. The average Bonchev–Trinajstić information content (AvgIpc) is 2.06. The largest absolute Gasteiger partial charge is 0.330 e.